The fourth-order valence-corrected chi connectivity index (χ4v) is 3.74. The van der Waals surface area contributed by atoms with Gasteiger partial charge in [-0.2, -0.15) is 0 Å². The van der Waals surface area contributed by atoms with Gasteiger partial charge in [-0.1, -0.05) is 19.1 Å². The highest BCUT2D eigenvalue weighted by Crippen LogP contribution is 2.19. The Hall–Kier alpha value is -3.06. The van der Waals surface area contributed by atoms with Gasteiger partial charge < -0.3 is 10.3 Å². The predicted octanol–water partition coefficient (Wildman–Crippen LogP) is 3.61. The molecule has 30 heavy (non-hydrogen) atoms. The van der Waals surface area contributed by atoms with Crippen LogP contribution in [0.5, 0.6) is 0 Å². The zero-order chi connectivity index (χ0) is 20.9. The normalized spacial score (nSPS) is 15.3. The number of rotatable bonds is 6. The van der Waals surface area contributed by atoms with Crippen molar-refractivity contribution in [3.63, 3.8) is 0 Å². The number of nitrogens with zero attached hydrogens (tertiary/aromatic N) is 3. The zero-order valence-corrected chi connectivity index (χ0v) is 17.1. The van der Waals surface area contributed by atoms with Crippen molar-refractivity contribution in [1.29, 1.82) is 0 Å². The zero-order valence-electron chi connectivity index (χ0n) is 17.1. The van der Waals surface area contributed by atoms with Gasteiger partial charge in [0.05, 0.1) is 0 Å². The lowest BCUT2D eigenvalue weighted by atomic mass is 10.0. The number of hydrogen-bond acceptors (Lipinski definition) is 5. The molecule has 4 rings (SSSR count). The first-order valence-corrected chi connectivity index (χ1v) is 10.4. The van der Waals surface area contributed by atoms with Gasteiger partial charge in [0, 0.05) is 49.2 Å². The number of pyridine rings is 1. The first-order chi connectivity index (χ1) is 14.6. The van der Waals surface area contributed by atoms with Crippen molar-refractivity contribution < 1.29 is 4.39 Å². The summed E-state index contributed by atoms with van der Waals surface area (Å²) in [6, 6.07) is 12.5. The van der Waals surface area contributed by atoms with Crippen LogP contribution in [0.3, 0.4) is 0 Å². The van der Waals surface area contributed by atoms with Crippen molar-refractivity contribution in [1.82, 2.24) is 19.9 Å². The van der Waals surface area contributed by atoms with E-state index >= 15 is 0 Å². The standard InChI is InChI=1S/C23H26FN5O/c1-2-19-13-22(30)28-23(27-19)17-5-8-21(25-14-17)26-20-9-11-29(12-10-20)15-16-3-6-18(24)7-4-16/h3-8,13-14,20H,2,9-12,15H2,1H3,(H,25,26)(H,27,28,30). The summed E-state index contributed by atoms with van der Waals surface area (Å²) in [5.41, 5.74) is 2.55. The largest absolute Gasteiger partial charge is 0.367 e. The summed E-state index contributed by atoms with van der Waals surface area (Å²) in [5.74, 6) is 1.18. The van der Waals surface area contributed by atoms with Crippen LogP contribution >= 0.6 is 0 Å². The van der Waals surface area contributed by atoms with Crippen LogP contribution in [0.2, 0.25) is 0 Å². The molecule has 0 saturated carbocycles. The maximum atomic E-state index is 13.0. The number of anilines is 1. The van der Waals surface area contributed by atoms with Gasteiger partial charge in [0.1, 0.15) is 17.5 Å². The summed E-state index contributed by atoms with van der Waals surface area (Å²) >= 11 is 0. The molecule has 0 unspecified atom stereocenters. The van der Waals surface area contributed by atoms with Crippen LogP contribution in [0, 0.1) is 5.82 Å². The molecule has 0 bridgehead atoms. The molecule has 7 heteroatoms. The third-order valence-corrected chi connectivity index (χ3v) is 5.45. The lowest BCUT2D eigenvalue weighted by Gasteiger charge is -2.32. The first kappa shape index (κ1) is 20.2. The number of hydrogen-bond donors (Lipinski definition) is 2. The topological polar surface area (TPSA) is 73.9 Å². The molecule has 3 aromatic rings. The van der Waals surface area contributed by atoms with Gasteiger partial charge in [0.2, 0.25) is 0 Å². The fourth-order valence-electron chi connectivity index (χ4n) is 3.74. The minimum absolute atomic E-state index is 0.147. The van der Waals surface area contributed by atoms with Crippen LogP contribution in [0.15, 0.2) is 53.5 Å². The van der Waals surface area contributed by atoms with Crippen LogP contribution in [0.25, 0.3) is 11.4 Å². The van der Waals surface area contributed by atoms with Gasteiger partial charge in [-0.25, -0.2) is 14.4 Å². The SMILES string of the molecule is CCc1cc(=O)[nH]c(-c2ccc(NC3CCN(Cc4ccc(F)cc4)CC3)nc2)n1. The van der Waals surface area contributed by atoms with Crippen molar-refractivity contribution in [2.75, 3.05) is 18.4 Å². The Morgan fingerprint density at radius 2 is 1.93 bits per heavy atom. The van der Waals surface area contributed by atoms with Crippen molar-refractivity contribution >= 4 is 5.82 Å². The van der Waals surface area contributed by atoms with Crippen molar-refractivity contribution in [2.24, 2.45) is 0 Å². The van der Waals surface area contributed by atoms with E-state index in [2.05, 4.69) is 25.2 Å². The maximum absolute atomic E-state index is 13.0. The predicted molar refractivity (Wildman–Crippen MR) is 116 cm³/mol. The molecule has 1 aliphatic heterocycles. The molecule has 0 atom stereocenters. The Balaban J connectivity index is 1.32. The van der Waals surface area contributed by atoms with E-state index < -0.39 is 0 Å². The highest BCUT2D eigenvalue weighted by Gasteiger charge is 2.19. The average Bonchev–Trinajstić information content (AvgIpc) is 2.77. The van der Waals surface area contributed by atoms with Crippen LogP contribution in [0.4, 0.5) is 10.2 Å². The second kappa shape index (κ2) is 9.17. The first-order valence-electron chi connectivity index (χ1n) is 10.4. The van der Waals surface area contributed by atoms with Crippen LogP contribution in [-0.2, 0) is 13.0 Å². The molecule has 2 N–H and O–H groups in total. The number of halogens is 1. The molecular weight excluding hydrogens is 381 g/mol. The molecule has 156 valence electrons. The second-order valence-corrected chi connectivity index (χ2v) is 7.69. The van der Waals surface area contributed by atoms with Gasteiger partial charge in [-0.3, -0.25) is 9.69 Å². The fraction of sp³-hybridized carbons (Fsp3) is 0.348. The molecular formula is C23H26FN5O. The number of likely N-dealkylation sites (tertiary alicyclic amines) is 1. The third-order valence-electron chi connectivity index (χ3n) is 5.45. The van der Waals surface area contributed by atoms with Crippen LogP contribution in [0.1, 0.15) is 31.0 Å². The molecule has 0 spiro atoms. The summed E-state index contributed by atoms with van der Waals surface area (Å²) in [5, 5.41) is 3.51. The van der Waals surface area contributed by atoms with E-state index in [4.69, 9.17) is 0 Å². The monoisotopic (exact) mass is 407 g/mol. The van der Waals surface area contributed by atoms with Crippen LogP contribution < -0.4 is 10.9 Å². The Morgan fingerprint density at radius 3 is 2.60 bits per heavy atom. The summed E-state index contributed by atoms with van der Waals surface area (Å²) < 4.78 is 13.0. The molecule has 0 radical (unpaired) electrons. The number of aromatic nitrogens is 3. The molecule has 1 aliphatic rings. The Bertz CT molecular complexity index is 1020. The third kappa shape index (κ3) is 5.10. The highest BCUT2D eigenvalue weighted by molar-refractivity contribution is 5.56. The summed E-state index contributed by atoms with van der Waals surface area (Å²) in [6.45, 7) is 4.80. The van der Waals surface area contributed by atoms with Gasteiger partial charge in [-0.05, 0) is 49.1 Å². The van der Waals surface area contributed by atoms with E-state index in [9.17, 15) is 9.18 Å². The highest BCUT2D eigenvalue weighted by atomic mass is 19.1. The number of aromatic amines is 1. The Kier molecular flexibility index (Phi) is 6.18. The van der Waals surface area contributed by atoms with E-state index in [1.54, 1.807) is 6.20 Å². The number of benzene rings is 1. The molecule has 1 fully saturated rings. The lowest BCUT2D eigenvalue weighted by molar-refractivity contribution is 0.211. The van der Waals surface area contributed by atoms with E-state index in [0.717, 1.165) is 55.1 Å². The summed E-state index contributed by atoms with van der Waals surface area (Å²) in [6.07, 6.45) is 4.50. The van der Waals surface area contributed by atoms with E-state index in [-0.39, 0.29) is 11.4 Å². The Labute approximate surface area is 175 Å². The Morgan fingerprint density at radius 1 is 1.17 bits per heavy atom. The van der Waals surface area contributed by atoms with Gasteiger partial charge in [0.15, 0.2) is 0 Å². The van der Waals surface area contributed by atoms with E-state index in [1.807, 2.05) is 31.2 Å². The van der Waals surface area contributed by atoms with Gasteiger partial charge in [0.25, 0.3) is 5.56 Å². The smallest absolute Gasteiger partial charge is 0.251 e. The molecule has 1 saturated heterocycles. The summed E-state index contributed by atoms with van der Waals surface area (Å²) in [4.78, 5) is 25.9. The molecule has 0 aliphatic carbocycles. The van der Waals surface area contributed by atoms with Gasteiger partial charge in [-0.15, -0.1) is 0 Å². The average molecular weight is 407 g/mol. The quantitative estimate of drug-likeness (QED) is 0.653. The maximum Gasteiger partial charge on any atom is 0.251 e. The van der Waals surface area contributed by atoms with Crippen molar-refractivity contribution in [3.8, 4) is 11.4 Å². The molecule has 0 amide bonds. The van der Waals surface area contributed by atoms with Crippen LogP contribution in [-0.4, -0.2) is 39.0 Å². The molecule has 3 heterocycles. The number of H-pyrrole nitrogens is 1. The lowest BCUT2D eigenvalue weighted by Crippen LogP contribution is -2.38. The summed E-state index contributed by atoms with van der Waals surface area (Å²) in [7, 11) is 0. The molecule has 6 nitrogen and oxygen atoms in total. The minimum Gasteiger partial charge on any atom is -0.367 e. The number of nitrogens with one attached hydrogen (secondary N) is 2. The van der Waals surface area contributed by atoms with Crippen molar-refractivity contribution in [3.05, 3.63) is 76.1 Å². The van der Waals surface area contributed by atoms with E-state index in [0.29, 0.717) is 18.3 Å². The number of piperidine rings is 1. The van der Waals surface area contributed by atoms with E-state index in [1.165, 1.54) is 18.2 Å². The second-order valence-electron chi connectivity index (χ2n) is 7.69. The van der Waals surface area contributed by atoms with Gasteiger partial charge >= 0.3 is 0 Å². The van der Waals surface area contributed by atoms with Crippen molar-refractivity contribution in [2.45, 2.75) is 38.8 Å². The minimum atomic E-state index is -0.194. The molecule has 1 aromatic carbocycles. The number of aryl methyl sites for hydroxylation is 1. The molecule has 2 aromatic heterocycles.